The van der Waals surface area contributed by atoms with E-state index in [0.717, 1.165) is 30.5 Å². The number of nitrogens with one attached hydrogen (secondary N) is 2. The van der Waals surface area contributed by atoms with Crippen LogP contribution in [0.3, 0.4) is 0 Å². The van der Waals surface area contributed by atoms with Gasteiger partial charge < -0.3 is 15.4 Å². The van der Waals surface area contributed by atoms with E-state index in [1.54, 1.807) is 18.9 Å². The first kappa shape index (κ1) is 12.9. The van der Waals surface area contributed by atoms with E-state index >= 15 is 0 Å². The number of rotatable bonds is 7. The van der Waals surface area contributed by atoms with Crippen molar-refractivity contribution in [3.8, 4) is 5.75 Å². The summed E-state index contributed by atoms with van der Waals surface area (Å²) in [6, 6.07) is 0. The van der Waals surface area contributed by atoms with Crippen molar-refractivity contribution in [2.45, 2.75) is 6.92 Å². The van der Waals surface area contributed by atoms with Gasteiger partial charge in [-0.2, -0.15) is 11.8 Å². The van der Waals surface area contributed by atoms with Gasteiger partial charge in [0.2, 0.25) is 5.75 Å². The highest BCUT2D eigenvalue weighted by Crippen LogP contribution is 2.28. The van der Waals surface area contributed by atoms with E-state index in [2.05, 4.69) is 26.9 Å². The van der Waals surface area contributed by atoms with E-state index in [4.69, 9.17) is 4.74 Å². The normalized spacial score (nSPS) is 9.94. The Balaban J connectivity index is 2.77. The monoisotopic (exact) mass is 242 g/mol. The Labute approximate surface area is 100 Å². The van der Waals surface area contributed by atoms with E-state index in [1.807, 2.05) is 6.92 Å². The van der Waals surface area contributed by atoms with Crippen molar-refractivity contribution < 1.29 is 4.74 Å². The van der Waals surface area contributed by atoms with E-state index in [-0.39, 0.29) is 0 Å². The molecular weight excluding hydrogens is 224 g/mol. The molecule has 0 aliphatic rings. The molecule has 6 heteroatoms. The lowest BCUT2D eigenvalue weighted by atomic mass is 10.4. The van der Waals surface area contributed by atoms with E-state index < -0.39 is 0 Å². The summed E-state index contributed by atoms with van der Waals surface area (Å²) in [6.45, 7) is 3.68. The summed E-state index contributed by atoms with van der Waals surface area (Å²) in [5, 5.41) is 6.36. The minimum atomic E-state index is 0.672. The molecule has 0 saturated heterocycles. The van der Waals surface area contributed by atoms with Crippen molar-refractivity contribution in [1.29, 1.82) is 0 Å². The Bertz CT molecular complexity index is 322. The van der Waals surface area contributed by atoms with Crippen molar-refractivity contribution in [2.75, 3.05) is 42.8 Å². The maximum Gasteiger partial charge on any atom is 0.204 e. The molecule has 0 fully saturated rings. The Hall–Kier alpha value is -1.17. The molecule has 0 aliphatic heterocycles. The van der Waals surface area contributed by atoms with Gasteiger partial charge >= 0.3 is 0 Å². The number of methoxy groups -OCH3 is 1. The summed E-state index contributed by atoms with van der Waals surface area (Å²) in [5.74, 6) is 3.17. The SMILES string of the molecule is CCNc1ncnc(NCCSC)c1OC. The van der Waals surface area contributed by atoms with Crippen molar-refractivity contribution >= 4 is 23.4 Å². The maximum atomic E-state index is 5.30. The van der Waals surface area contributed by atoms with Crippen LogP contribution in [0.15, 0.2) is 6.33 Å². The van der Waals surface area contributed by atoms with Gasteiger partial charge in [-0.3, -0.25) is 0 Å². The molecule has 0 spiro atoms. The van der Waals surface area contributed by atoms with Gasteiger partial charge in [0, 0.05) is 18.8 Å². The molecule has 1 heterocycles. The molecule has 0 aliphatic carbocycles. The van der Waals surface area contributed by atoms with Gasteiger partial charge in [-0.05, 0) is 13.2 Å². The van der Waals surface area contributed by atoms with Gasteiger partial charge in [0.05, 0.1) is 7.11 Å². The predicted octanol–water partition coefficient (Wildman–Crippen LogP) is 1.69. The first-order valence-corrected chi connectivity index (χ1v) is 6.58. The second kappa shape index (κ2) is 7.16. The van der Waals surface area contributed by atoms with Crippen LogP contribution in [0, 0.1) is 0 Å². The highest BCUT2D eigenvalue weighted by Gasteiger charge is 2.10. The van der Waals surface area contributed by atoms with E-state index in [1.165, 1.54) is 6.33 Å². The van der Waals surface area contributed by atoms with Gasteiger partial charge in [-0.25, -0.2) is 9.97 Å². The topological polar surface area (TPSA) is 59.1 Å². The van der Waals surface area contributed by atoms with Crippen LogP contribution in [0.5, 0.6) is 5.75 Å². The van der Waals surface area contributed by atoms with E-state index in [9.17, 15) is 0 Å². The summed E-state index contributed by atoms with van der Waals surface area (Å²) in [4.78, 5) is 8.30. The van der Waals surface area contributed by atoms with Crippen molar-refractivity contribution in [2.24, 2.45) is 0 Å². The molecule has 0 aromatic carbocycles. The number of hydrogen-bond donors (Lipinski definition) is 2. The standard InChI is InChI=1S/C10H18N4OS/c1-4-11-9-8(15-2)10(14-7-13-9)12-5-6-16-3/h7H,4-6H2,1-3H3,(H2,11,12,13,14). The van der Waals surface area contributed by atoms with Crippen LogP contribution in [0.4, 0.5) is 11.6 Å². The number of hydrogen-bond acceptors (Lipinski definition) is 6. The zero-order valence-electron chi connectivity index (χ0n) is 9.91. The molecule has 0 unspecified atom stereocenters. The third kappa shape index (κ3) is 3.44. The second-order valence-electron chi connectivity index (χ2n) is 3.05. The zero-order chi connectivity index (χ0) is 11.8. The van der Waals surface area contributed by atoms with Crippen molar-refractivity contribution in [1.82, 2.24) is 9.97 Å². The van der Waals surface area contributed by atoms with Crippen LogP contribution in [-0.4, -0.2) is 42.2 Å². The smallest absolute Gasteiger partial charge is 0.204 e. The molecule has 2 N–H and O–H groups in total. The van der Waals surface area contributed by atoms with Crippen LogP contribution in [0.1, 0.15) is 6.92 Å². The fourth-order valence-corrected chi connectivity index (χ4v) is 1.56. The third-order valence-electron chi connectivity index (χ3n) is 1.95. The molecule has 0 bridgehead atoms. The van der Waals surface area contributed by atoms with Crippen LogP contribution in [0.2, 0.25) is 0 Å². The average molecular weight is 242 g/mol. The molecule has 1 aromatic heterocycles. The molecule has 0 amide bonds. The van der Waals surface area contributed by atoms with Crippen LogP contribution < -0.4 is 15.4 Å². The maximum absolute atomic E-state index is 5.30. The van der Waals surface area contributed by atoms with Crippen LogP contribution >= 0.6 is 11.8 Å². The lowest BCUT2D eigenvalue weighted by Crippen LogP contribution is -2.10. The minimum Gasteiger partial charge on any atom is -0.490 e. The zero-order valence-corrected chi connectivity index (χ0v) is 10.7. The van der Waals surface area contributed by atoms with Gasteiger partial charge in [-0.15, -0.1) is 0 Å². The molecule has 0 saturated carbocycles. The van der Waals surface area contributed by atoms with E-state index in [0.29, 0.717) is 5.75 Å². The Kier molecular flexibility index (Phi) is 5.77. The molecule has 5 nitrogen and oxygen atoms in total. The highest BCUT2D eigenvalue weighted by atomic mass is 32.2. The summed E-state index contributed by atoms with van der Waals surface area (Å²) in [5.41, 5.74) is 0. The van der Waals surface area contributed by atoms with Gasteiger partial charge in [0.25, 0.3) is 0 Å². The van der Waals surface area contributed by atoms with Crippen LogP contribution in [-0.2, 0) is 0 Å². The fourth-order valence-electron chi connectivity index (χ4n) is 1.26. The lowest BCUT2D eigenvalue weighted by molar-refractivity contribution is 0.415. The molecule has 90 valence electrons. The number of aromatic nitrogens is 2. The van der Waals surface area contributed by atoms with Crippen molar-refractivity contribution in [3.05, 3.63) is 6.33 Å². The summed E-state index contributed by atoms with van der Waals surface area (Å²) in [7, 11) is 1.62. The van der Waals surface area contributed by atoms with Gasteiger partial charge in [0.1, 0.15) is 6.33 Å². The number of thioether (sulfide) groups is 1. The molecule has 1 aromatic rings. The Morgan fingerprint density at radius 3 is 2.56 bits per heavy atom. The largest absolute Gasteiger partial charge is 0.490 e. The molecule has 16 heavy (non-hydrogen) atoms. The van der Waals surface area contributed by atoms with Gasteiger partial charge in [-0.1, -0.05) is 0 Å². The Morgan fingerprint density at radius 1 is 1.31 bits per heavy atom. The number of nitrogens with zero attached hydrogens (tertiary/aromatic N) is 2. The molecule has 1 rings (SSSR count). The predicted molar refractivity (Wildman–Crippen MR) is 69.6 cm³/mol. The summed E-state index contributed by atoms with van der Waals surface area (Å²) < 4.78 is 5.30. The first-order valence-electron chi connectivity index (χ1n) is 5.19. The molecular formula is C10H18N4OS. The third-order valence-corrected chi connectivity index (χ3v) is 2.56. The fraction of sp³-hybridized carbons (Fsp3) is 0.600. The van der Waals surface area contributed by atoms with Crippen LogP contribution in [0.25, 0.3) is 0 Å². The van der Waals surface area contributed by atoms with Gasteiger partial charge in [0.15, 0.2) is 11.6 Å². The highest BCUT2D eigenvalue weighted by molar-refractivity contribution is 7.98. The molecule has 0 atom stereocenters. The van der Waals surface area contributed by atoms with Crippen molar-refractivity contribution in [3.63, 3.8) is 0 Å². The Morgan fingerprint density at radius 2 is 2.00 bits per heavy atom. The average Bonchev–Trinajstić information content (AvgIpc) is 2.30. The molecule has 0 radical (unpaired) electrons. The number of anilines is 2. The summed E-state index contributed by atoms with van der Waals surface area (Å²) >= 11 is 1.79. The summed E-state index contributed by atoms with van der Waals surface area (Å²) in [6.07, 6.45) is 3.60. The lowest BCUT2D eigenvalue weighted by Gasteiger charge is -2.13. The first-order chi connectivity index (χ1) is 7.83. The number of ether oxygens (including phenoxy) is 1. The quantitative estimate of drug-likeness (QED) is 0.710. The minimum absolute atomic E-state index is 0.672. The second-order valence-corrected chi connectivity index (χ2v) is 4.04.